The Morgan fingerprint density at radius 2 is 2.00 bits per heavy atom. The summed E-state index contributed by atoms with van der Waals surface area (Å²) >= 11 is 0. The van der Waals surface area contributed by atoms with E-state index in [4.69, 9.17) is 14.2 Å². The monoisotopic (exact) mass is 214 g/mol. The van der Waals surface area contributed by atoms with Crippen molar-refractivity contribution >= 4 is 0 Å². The maximum absolute atomic E-state index is 5.91. The second kappa shape index (κ2) is 4.88. The van der Waals surface area contributed by atoms with E-state index >= 15 is 0 Å². The Morgan fingerprint density at radius 3 is 2.47 bits per heavy atom. The highest BCUT2D eigenvalue weighted by molar-refractivity contribution is 5.05. The third kappa shape index (κ3) is 2.46. The van der Waals surface area contributed by atoms with E-state index in [-0.39, 0.29) is 6.10 Å². The Kier molecular flexibility index (Phi) is 4.03. The van der Waals surface area contributed by atoms with Crippen LogP contribution in [0.4, 0.5) is 0 Å². The molecule has 0 aromatic rings. The molecule has 3 nitrogen and oxygen atoms in total. The average Bonchev–Trinajstić information content (AvgIpc) is 2.21. The quantitative estimate of drug-likeness (QED) is 0.719. The fourth-order valence-electron chi connectivity index (χ4n) is 1.95. The minimum Gasteiger partial charge on any atom is -0.485 e. The van der Waals surface area contributed by atoms with Crippen LogP contribution >= 0.6 is 0 Å². The third-order valence-electron chi connectivity index (χ3n) is 2.75. The molecule has 0 aromatic carbocycles. The van der Waals surface area contributed by atoms with Gasteiger partial charge >= 0.3 is 0 Å². The number of hydrogen-bond acceptors (Lipinski definition) is 3. The van der Waals surface area contributed by atoms with Crippen molar-refractivity contribution < 1.29 is 14.2 Å². The molecule has 0 N–H and O–H groups in total. The number of rotatable bonds is 4. The van der Waals surface area contributed by atoms with Gasteiger partial charge < -0.3 is 14.2 Å². The lowest BCUT2D eigenvalue weighted by molar-refractivity contribution is -0.275. The van der Waals surface area contributed by atoms with Crippen LogP contribution in [0.15, 0.2) is 11.5 Å². The van der Waals surface area contributed by atoms with Crippen molar-refractivity contribution in [3.63, 3.8) is 0 Å². The Hall–Kier alpha value is -0.700. The predicted octanol–water partition coefficient (Wildman–Crippen LogP) is 3.21. The SMILES string of the molecule is CCOC1(C)OC(CC)=C(C)OC1CC. The number of ether oxygens (including phenoxy) is 3. The molecule has 0 aliphatic carbocycles. The molecule has 2 unspecified atom stereocenters. The summed E-state index contributed by atoms with van der Waals surface area (Å²) in [5, 5.41) is 0. The van der Waals surface area contributed by atoms with Crippen LogP contribution in [0.2, 0.25) is 0 Å². The fraction of sp³-hybridized carbons (Fsp3) is 0.833. The summed E-state index contributed by atoms with van der Waals surface area (Å²) in [6.07, 6.45) is 1.70. The zero-order valence-electron chi connectivity index (χ0n) is 10.4. The first-order chi connectivity index (χ1) is 7.07. The first-order valence-corrected chi connectivity index (χ1v) is 5.76. The van der Waals surface area contributed by atoms with E-state index in [1.54, 1.807) is 0 Å². The highest BCUT2D eigenvalue weighted by Crippen LogP contribution is 2.34. The molecular formula is C12H22O3. The smallest absolute Gasteiger partial charge is 0.244 e. The topological polar surface area (TPSA) is 27.7 Å². The molecule has 0 bridgehead atoms. The summed E-state index contributed by atoms with van der Waals surface area (Å²) in [5.41, 5.74) is 0. The van der Waals surface area contributed by atoms with Gasteiger partial charge in [-0.1, -0.05) is 13.8 Å². The minimum atomic E-state index is -0.631. The molecule has 0 saturated heterocycles. The molecule has 88 valence electrons. The summed E-state index contributed by atoms with van der Waals surface area (Å²) < 4.78 is 17.4. The summed E-state index contributed by atoms with van der Waals surface area (Å²) in [5.74, 6) is 1.16. The molecule has 0 fully saturated rings. The van der Waals surface area contributed by atoms with Gasteiger partial charge in [0.1, 0.15) is 11.5 Å². The normalized spacial score (nSPS) is 31.1. The van der Waals surface area contributed by atoms with Crippen molar-refractivity contribution in [1.82, 2.24) is 0 Å². The van der Waals surface area contributed by atoms with Crippen LogP contribution < -0.4 is 0 Å². The first kappa shape index (κ1) is 12.4. The van der Waals surface area contributed by atoms with Crippen LogP contribution in [-0.2, 0) is 14.2 Å². The van der Waals surface area contributed by atoms with Gasteiger partial charge in [-0.3, -0.25) is 0 Å². The standard InChI is InChI=1S/C12H22O3/c1-6-10-9(4)14-11(7-2)12(5,15-10)13-8-3/h11H,6-8H2,1-5H3. The van der Waals surface area contributed by atoms with Crippen LogP contribution in [0.25, 0.3) is 0 Å². The summed E-state index contributed by atoms with van der Waals surface area (Å²) in [6, 6.07) is 0. The van der Waals surface area contributed by atoms with Gasteiger partial charge in [-0.2, -0.15) is 0 Å². The summed E-state index contributed by atoms with van der Waals surface area (Å²) in [4.78, 5) is 0. The molecule has 1 aliphatic heterocycles. The highest BCUT2D eigenvalue weighted by Gasteiger charge is 2.42. The van der Waals surface area contributed by atoms with E-state index in [2.05, 4.69) is 13.8 Å². The zero-order valence-corrected chi connectivity index (χ0v) is 10.4. The minimum absolute atomic E-state index is 0.0206. The van der Waals surface area contributed by atoms with Crippen molar-refractivity contribution in [2.24, 2.45) is 0 Å². The third-order valence-corrected chi connectivity index (χ3v) is 2.75. The molecule has 0 aromatic heterocycles. The second-order valence-electron chi connectivity index (χ2n) is 3.90. The van der Waals surface area contributed by atoms with Crippen molar-refractivity contribution in [3.8, 4) is 0 Å². The second-order valence-corrected chi connectivity index (χ2v) is 3.90. The Balaban J connectivity index is 2.88. The lowest BCUT2D eigenvalue weighted by Gasteiger charge is -2.41. The van der Waals surface area contributed by atoms with Crippen molar-refractivity contribution in [3.05, 3.63) is 11.5 Å². The fourth-order valence-corrected chi connectivity index (χ4v) is 1.95. The molecule has 2 atom stereocenters. The number of allylic oxidation sites excluding steroid dienone is 2. The van der Waals surface area contributed by atoms with Gasteiger partial charge in [-0.25, -0.2) is 0 Å². The molecule has 0 spiro atoms. The van der Waals surface area contributed by atoms with Gasteiger partial charge in [0, 0.05) is 20.0 Å². The first-order valence-electron chi connectivity index (χ1n) is 5.76. The molecule has 3 heteroatoms. The van der Waals surface area contributed by atoms with E-state index in [9.17, 15) is 0 Å². The summed E-state index contributed by atoms with van der Waals surface area (Å²) in [6.45, 7) is 10.6. The van der Waals surface area contributed by atoms with Gasteiger partial charge in [0.2, 0.25) is 5.79 Å². The molecule has 0 saturated carbocycles. The van der Waals surface area contributed by atoms with Gasteiger partial charge in [0.15, 0.2) is 6.10 Å². The van der Waals surface area contributed by atoms with Gasteiger partial charge in [-0.15, -0.1) is 0 Å². The lowest BCUT2D eigenvalue weighted by Crippen LogP contribution is -2.48. The maximum atomic E-state index is 5.91. The van der Waals surface area contributed by atoms with Gasteiger partial charge in [0.05, 0.1) is 0 Å². The Bertz CT molecular complexity index is 247. The molecule has 1 heterocycles. The van der Waals surface area contributed by atoms with Crippen molar-refractivity contribution in [1.29, 1.82) is 0 Å². The molecule has 1 rings (SSSR count). The summed E-state index contributed by atoms with van der Waals surface area (Å²) in [7, 11) is 0. The van der Waals surface area contributed by atoms with Crippen LogP contribution in [0.3, 0.4) is 0 Å². The lowest BCUT2D eigenvalue weighted by atomic mass is 10.1. The molecular weight excluding hydrogens is 192 g/mol. The van der Waals surface area contributed by atoms with E-state index in [0.717, 1.165) is 24.4 Å². The predicted molar refractivity (Wildman–Crippen MR) is 59.3 cm³/mol. The van der Waals surface area contributed by atoms with E-state index < -0.39 is 5.79 Å². The van der Waals surface area contributed by atoms with Crippen molar-refractivity contribution in [2.75, 3.05) is 6.61 Å². The van der Waals surface area contributed by atoms with Crippen LogP contribution in [0.1, 0.15) is 47.5 Å². The highest BCUT2D eigenvalue weighted by atomic mass is 16.7. The van der Waals surface area contributed by atoms with Crippen LogP contribution in [-0.4, -0.2) is 18.5 Å². The molecule has 15 heavy (non-hydrogen) atoms. The Labute approximate surface area is 92.4 Å². The van der Waals surface area contributed by atoms with Gasteiger partial charge in [-0.05, 0) is 20.3 Å². The largest absolute Gasteiger partial charge is 0.485 e. The zero-order chi connectivity index (χ0) is 11.5. The molecule has 0 radical (unpaired) electrons. The van der Waals surface area contributed by atoms with Crippen molar-refractivity contribution in [2.45, 2.75) is 59.4 Å². The van der Waals surface area contributed by atoms with Crippen LogP contribution in [0, 0.1) is 0 Å². The maximum Gasteiger partial charge on any atom is 0.244 e. The number of hydrogen-bond donors (Lipinski definition) is 0. The Morgan fingerprint density at radius 1 is 1.33 bits per heavy atom. The average molecular weight is 214 g/mol. The van der Waals surface area contributed by atoms with Crippen LogP contribution in [0.5, 0.6) is 0 Å². The van der Waals surface area contributed by atoms with Gasteiger partial charge in [0.25, 0.3) is 0 Å². The van der Waals surface area contributed by atoms with E-state index in [1.807, 2.05) is 20.8 Å². The van der Waals surface area contributed by atoms with E-state index in [0.29, 0.717) is 6.61 Å². The molecule has 1 aliphatic rings. The van der Waals surface area contributed by atoms with E-state index in [1.165, 1.54) is 0 Å². The molecule has 0 amide bonds.